The lowest BCUT2D eigenvalue weighted by Gasteiger charge is -2.01. The molecule has 2 heterocycles. The highest BCUT2D eigenvalue weighted by Gasteiger charge is 2.13. The minimum atomic E-state index is -0.412. The zero-order valence-corrected chi connectivity index (χ0v) is 12.7. The second kappa shape index (κ2) is 5.69. The van der Waals surface area contributed by atoms with Gasteiger partial charge in [0.25, 0.3) is 5.91 Å². The zero-order chi connectivity index (χ0) is 15.7. The van der Waals surface area contributed by atoms with Gasteiger partial charge in [0.2, 0.25) is 0 Å². The van der Waals surface area contributed by atoms with Crippen LogP contribution in [0.5, 0.6) is 0 Å². The maximum absolute atomic E-state index is 14.1. The standard InChI is InChI=1S/C15H13FN4OS/c1-3-9-20-13-10(16)5-4-6-12(13)22-15(20)18-14(21)11-7-8-17-19(11)2/h3-8H,1,9H2,2H3. The number of carbonyl (C=O) groups is 1. The van der Waals surface area contributed by atoms with Crippen LogP contribution in [0.4, 0.5) is 4.39 Å². The summed E-state index contributed by atoms with van der Waals surface area (Å²) in [5, 5.41) is 3.95. The molecule has 5 nitrogen and oxygen atoms in total. The van der Waals surface area contributed by atoms with Gasteiger partial charge in [0.1, 0.15) is 11.5 Å². The molecule has 112 valence electrons. The molecule has 0 aliphatic heterocycles. The van der Waals surface area contributed by atoms with Crippen LogP contribution < -0.4 is 4.80 Å². The van der Waals surface area contributed by atoms with Gasteiger partial charge in [-0.25, -0.2) is 4.39 Å². The third-order valence-electron chi connectivity index (χ3n) is 3.20. The van der Waals surface area contributed by atoms with Gasteiger partial charge < -0.3 is 4.57 Å². The summed E-state index contributed by atoms with van der Waals surface area (Å²) in [6, 6.07) is 6.42. The predicted octanol–water partition coefficient (Wildman–Crippen LogP) is 2.50. The number of amides is 1. The van der Waals surface area contributed by atoms with Crippen LogP contribution in [-0.4, -0.2) is 20.3 Å². The first-order chi connectivity index (χ1) is 10.6. The number of aryl methyl sites for hydroxylation is 1. The van der Waals surface area contributed by atoms with Crippen LogP contribution in [0.3, 0.4) is 0 Å². The van der Waals surface area contributed by atoms with Crippen LogP contribution >= 0.6 is 11.3 Å². The first-order valence-electron chi connectivity index (χ1n) is 6.57. The highest BCUT2D eigenvalue weighted by atomic mass is 32.1. The third-order valence-corrected chi connectivity index (χ3v) is 4.24. The topological polar surface area (TPSA) is 52.2 Å². The van der Waals surface area contributed by atoms with E-state index in [-0.39, 0.29) is 5.82 Å². The molecule has 0 atom stereocenters. The molecule has 3 rings (SSSR count). The summed E-state index contributed by atoms with van der Waals surface area (Å²) in [5.74, 6) is -0.755. The molecule has 2 aromatic heterocycles. The Balaban J connectivity index is 2.22. The van der Waals surface area contributed by atoms with Gasteiger partial charge in [0.15, 0.2) is 4.80 Å². The lowest BCUT2D eigenvalue weighted by atomic mass is 10.3. The van der Waals surface area contributed by atoms with Crippen molar-refractivity contribution >= 4 is 27.5 Å². The van der Waals surface area contributed by atoms with Crippen molar-refractivity contribution in [3.8, 4) is 0 Å². The van der Waals surface area contributed by atoms with Crippen molar-refractivity contribution < 1.29 is 9.18 Å². The number of carbonyl (C=O) groups excluding carboxylic acids is 1. The summed E-state index contributed by atoms with van der Waals surface area (Å²) in [7, 11) is 1.67. The number of allylic oxidation sites excluding steroid dienone is 1. The van der Waals surface area contributed by atoms with Gasteiger partial charge in [-0.3, -0.25) is 9.48 Å². The maximum Gasteiger partial charge on any atom is 0.297 e. The van der Waals surface area contributed by atoms with Gasteiger partial charge >= 0.3 is 0 Å². The average Bonchev–Trinajstić information content (AvgIpc) is 3.05. The molecule has 0 saturated heterocycles. The molecule has 0 bridgehead atoms. The van der Waals surface area contributed by atoms with E-state index in [9.17, 15) is 9.18 Å². The molecule has 1 aromatic carbocycles. The fraction of sp³-hybridized carbons (Fsp3) is 0.133. The van der Waals surface area contributed by atoms with Gasteiger partial charge in [0.05, 0.1) is 10.2 Å². The van der Waals surface area contributed by atoms with E-state index in [2.05, 4.69) is 16.7 Å². The van der Waals surface area contributed by atoms with Crippen molar-refractivity contribution in [2.45, 2.75) is 6.54 Å². The molecule has 0 aliphatic carbocycles. The fourth-order valence-corrected chi connectivity index (χ4v) is 3.25. The molecular formula is C15H13FN4OS. The van der Waals surface area contributed by atoms with Crippen LogP contribution in [-0.2, 0) is 13.6 Å². The molecule has 0 spiro atoms. The second-order valence-electron chi connectivity index (χ2n) is 4.63. The van der Waals surface area contributed by atoms with E-state index in [1.165, 1.54) is 28.3 Å². The van der Waals surface area contributed by atoms with Crippen molar-refractivity contribution in [3.63, 3.8) is 0 Å². The summed E-state index contributed by atoms with van der Waals surface area (Å²) in [5.41, 5.74) is 0.812. The fourth-order valence-electron chi connectivity index (χ4n) is 2.20. The molecule has 0 saturated carbocycles. The minimum Gasteiger partial charge on any atom is -0.310 e. The largest absolute Gasteiger partial charge is 0.310 e. The van der Waals surface area contributed by atoms with Crippen molar-refractivity contribution in [2.75, 3.05) is 0 Å². The van der Waals surface area contributed by atoms with Crippen molar-refractivity contribution in [2.24, 2.45) is 12.0 Å². The number of hydrogen-bond acceptors (Lipinski definition) is 3. The summed E-state index contributed by atoms with van der Waals surface area (Å²) >= 11 is 1.27. The smallest absolute Gasteiger partial charge is 0.297 e. The van der Waals surface area contributed by atoms with Crippen molar-refractivity contribution in [3.05, 3.63) is 59.4 Å². The van der Waals surface area contributed by atoms with Crippen LogP contribution in [0.2, 0.25) is 0 Å². The van der Waals surface area contributed by atoms with E-state index in [0.29, 0.717) is 22.6 Å². The van der Waals surface area contributed by atoms with Gasteiger partial charge in [-0.05, 0) is 18.2 Å². The van der Waals surface area contributed by atoms with Gasteiger partial charge in [-0.15, -0.1) is 6.58 Å². The van der Waals surface area contributed by atoms with Crippen LogP contribution in [0.25, 0.3) is 10.2 Å². The molecule has 3 aromatic rings. The summed E-state index contributed by atoms with van der Waals surface area (Å²) in [6.45, 7) is 4.05. The number of nitrogens with zero attached hydrogens (tertiary/aromatic N) is 4. The normalized spacial score (nSPS) is 12.0. The zero-order valence-electron chi connectivity index (χ0n) is 11.9. The van der Waals surface area contributed by atoms with Gasteiger partial charge in [-0.2, -0.15) is 10.1 Å². The lowest BCUT2D eigenvalue weighted by molar-refractivity contribution is 0.0989. The molecule has 1 amide bonds. The number of fused-ring (bicyclic) bond motifs is 1. The van der Waals surface area contributed by atoms with Crippen LogP contribution in [0.1, 0.15) is 10.5 Å². The Hall–Kier alpha value is -2.54. The number of halogens is 1. The van der Waals surface area contributed by atoms with E-state index < -0.39 is 5.91 Å². The summed E-state index contributed by atoms with van der Waals surface area (Å²) in [6.07, 6.45) is 3.18. The number of para-hydroxylation sites is 1. The average molecular weight is 316 g/mol. The second-order valence-corrected chi connectivity index (χ2v) is 5.64. The number of rotatable bonds is 3. The SMILES string of the molecule is C=CCn1c(=NC(=O)c2ccnn2C)sc2cccc(F)c21. The van der Waals surface area contributed by atoms with Crippen LogP contribution in [0, 0.1) is 5.82 Å². The monoisotopic (exact) mass is 316 g/mol. The molecule has 7 heteroatoms. The Morgan fingerprint density at radius 3 is 3.00 bits per heavy atom. The number of aromatic nitrogens is 3. The Morgan fingerprint density at radius 2 is 2.32 bits per heavy atom. The Morgan fingerprint density at radius 1 is 1.50 bits per heavy atom. The molecule has 22 heavy (non-hydrogen) atoms. The third kappa shape index (κ3) is 2.39. The quantitative estimate of drug-likeness (QED) is 0.697. The molecule has 0 N–H and O–H groups in total. The Labute approximate surface area is 129 Å². The first-order valence-corrected chi connectivity index (χ1v) is 7.39. The first kappa shape index (κ1) is 14.4. The number of hydrogen-bond donors (Lipinski definition) is 0. The maximum atomic E-state index is 14.1. The highest BCUT2D eigenvalue weighted by molar-refractivity contribution is 7.16. The van der Waals surface area contributed by atoms with Crippen molar-refractivity contribution in [1.29, 1.82) is 0 Å². The molecule has 0 aliphatic rings. The van der Waals surface area contributed by atoms with E-state index in [1.54, 1.807) is 35.9 Å². The molecule has 0 fully saturated rings. The highest BCUT2D eigenvalue weighted by Crippen LogP contribution is 2.20. The summed E-state index contributed by atoms with van der Waals surface area (Å²) < 4.78 is 17.9. The lowest BCUT2D eigenvalue weighted by Crippen LogP contribution is -2.17. The summed E-state index contributed by atoms with van der Waals surface area (Å²) in [4.78, 5) is 16.8. The predicted molar refractivity (Wildman–Crippen MR) is 83.1 cm³/mol. The van der Waals surface area contributed by atoms with Gasteiger partial charge in [0, 0.05) is 19.8 Å². The molecule has 0 unspecified atom stereocenters. The van der Waals surface area contributed by atoms with E-state index in [1.807, 2.05) is 0 Å². The van der Waals surface area contributed by atoms with Crippen molar-refractivity contribution in [1.82, 2.24) is 14.3 Å². The van der Waals surface area contributed by atoms with Crippen LogP contribution in [0.15, 0.2) is 48.1 Å². The molecular weight excluding hydrogens is 303 g/mol. The Kier molecular flexibility index (Phi) is 3.72. The van der Waals surface area contributed by atoms with E-state index >= 15 is 0 Å². The van der Waals surface area contributed by atoms with E-state index in [4.69, 9.17) is 0 Å². The van der Waals surface area contributed by atoms with Gasteiger partial charge in [-0.1, -0.05) is 23.5 Å². The number of thiazole rings is 1. The Bertz CT molecular complexity index is 935. The molecule has 0 radical (unpaired) electrons. The minimum absolute atomic E-state index is 0.343. The number of benzene rings is 1. The van der Waals surface area contributed by atoms with E-state index in [0.717, 1.165) is 4.70 Å².